The molecule has 0 heterocycles. The van der Waals surface area contributed by atoms with E-state index in [9.17, 15) is 9.59 Å². The van der Waals surface area contributed by atoms with Crippen molar-refractivity contribution in [2.75, 3.05) is 7.11 Å². The Hall–Kier alpha value is -1.14. The Morgan fingerprint density at radius 3 is 2.36 bits per heavy atom. The van der Waals surface area contributed by atoms with E-state index in [-0.39, 0.29) is 0 Å². The summed E-state index contributed by atoms with van der Waals surface area (Å²) in [6, 6.07) is -1.07. The van der Waals surface area contributed by atoms with E-state index < -0.39 is 24.4 Å². The van der Waals surface area contributed by atoms with Crippen molar-refractivity contribution in [2.24, 2.45) is 0 Å². The van der Waals surface area contributed by atoms with Crippen LogP contribution in [0.25, 0.3) is 0 Å². The second-order valence-electron chi connectivity index (χ2n) is 1.91. The summed E-state index contributed by atoms with van der Waals surface area (Å²) in [6.45, 7) is 0. The van der Waals surface area contributed by atoms with Crippen LogP contribution in [0.3, 0.4) is 0 Å². The van der Waals surface area contributed by atoms with Crippen LogP contribution in [0.15, 0.2) is 0 Å². The fourth-order valence-electron chi connectivity index (χ4n) is 0.546. The van der Waals surface area contributed by atoms with Gasteiger partial charge in [-0.15, -0.1) is 0 Å². The highest BCUT2D eigenvalue weighted by Gasteiger charge is 2.24. The third-order valence-corrected chi connectivity index (χ3v) is 1.01. The van der Waals surface area contributed by atoms with Gasteiger partial charge in [-0.2, -0.15) is 5.48 Å². The zero-order chi connectivity index (χ0) is 8.85. The van der Waals surface area contributed by atoms with E-state index in [4.69, 9.17) is 10.2 Å². The minimum absolute atomic E-state index is 0.455. The lowest BCUT2D eigenvalue weighted by Gasteiger charge is -2.04. The second-order valence-corrected chi connectivity index (χ2v) is 1.91. The van der Waals surface area contributed by atoms with Crippen LogP contribution >= 0.6 is 0 Å². The average Bonchev–Trinajstić information content (AvgIpc) is 1.86. The van der Waals surface area contributed by atoms with Gasteiger partial charge in [-0.05, 0) is 0 Å². The first-order valence-corrected chi connectivity index (χ1v) is 2.88. The number of quaternary nitrogens is 1. The van der Waals surface area contributed by atoms with Crippen LogP contribution in [-0.2, 0) is 14.4 Å². The molecule has 11 heavy (non-hydrogen) atoms. The van der Waals surface area contributed by atoms with Crippen LogP contribution in [-0.4, -0.2) is 35.3 Å². The number of hydrogen-bond acceptors (Lipinski definition) is 3. The van der Waals surface area contributed by atoms with Gasteiger partial charge in [0.2, 0.25) is 6.04 Å². The van der Waals surface area contributed by atoms with Crippen molar-refractivity contribution in [2.45, 2.75) is 12.5 Å². The maximum Gasteiger partial charge on any atom is 0.366 e. The van der Waals surface area contributed by atoms with Gasteiger partial charge in [-0.25, -0.2) is 9.63 Å². The van der Waals surface area contributed by atoms with E-state index in [1.54, 1.807) is 0 Å². The Balaban J connectivity index is 3.89. The quantitative estimate of drug-likeness (QED) is 0.409. The molecule has 0 aromatic heterocycles. The largest absolute Gasteiger partial charge is 0.481 e. The average molecular weight is 164 g/mol. The van der Waals surface area contributed by atoms with E-state index in [0.29, 0.717) is 0 Å². The molecule has 0 saturated heterocycles. The molecule has 0 aliphatic carbocycles. The zero-order valence-electron chi connectivity index (χ0n) is 5.98. The molecule has 0 aliphatic rings. The lowest BCUT2D eigenvalue weighted by atomic mass is 10.2. The molecule has 1 unspecified atom stereocenters. The van der Waals surface area contributed by atoms with Gasteiger partial charge in [-0.3, -0.25) is 4.79 Å². The summed E-state index contributed by atoms with van der Waals surface area (Å²) >= 11 is 0. The monoisotopic (exact) mass is 164 g/mol. The molecule has 0 radical (unpaired) electrons. The Labute approximate surface area is 62.7 Å². The summed E-state index contributed by atoms with van der Waals surface area (Å²) in [5.74, 6) is -2.36. The van der Waals surface area contributed by atoms with Crippen molar-refractivity contribution < 1.29 is 30.1 Å². The summed E-state index contributed by atoms with van der Waals surface area (Å²) in [4.78, 5) is 24.7. The zero-order valence-corrected chi connectivity index (χ0v) is 5.98. The minimum atomic E-state index is -1.20. The molecule has 0 amide bonds. The molecule has 64 valence electrons. The first-order valence-electron chi connectivity index (χ1n) is 2.88. The van der Waals surface area contributed by atoms with Gasteiger partial charge in [0, 0.05) is 0 Å². The number of aliphatic carboxylic acids is 2. The summed E-state index contributed by atoms with van der Waals surface area (Å²) in [7, 11) is 1.28. The Kier molecular flexibility index (Phi) is 4.16. The van der Waals surface area contributed by atoms with Crippen LogP contribution < -0.4 is 5.48 Å². The number of carboxylic acid groups (broad SMARTS) is 2. The van der Waals surface area contributed by atoms with Crippen molar-refractivity contribution in [1.82, 2.24) is 0 Å². The molecule has 1 atom stereocenters. The highest BCUT2D eigenvalue weighted by molar-refractivity contribution is 5.78. The van der Waals surface area contributed by atoms with Gasteiger partial charge >= 0.3 is 11.9 Å². The Morgan fingerprint density at radius 2 is 2.09 bits per heavy atom. The summed E-state index contributed by atoms with van der Waals surface area (Å²) < 4.78 is 0. The SMILES string of the molecule is CO[NH2+]C(CC(=O)O)C(=O)O. The molecule has 0 aliphatic heterocycles. The fraction of sp³-hybridized carbons (Fsp3) is 0.600. The van der Waals surface area contributed by atoms with Crippen LogP contribution in [0.2, 0.25) is 0 Å². The number of carboxylic acids is 2. The van der Waals surface area contributed by atoms with Crippen LogP contribution in [0, 0.1) is 0 Å². The third kappa shape index (κ3) is 4.29. The maximum absolute atomic E-state index is 10.3. The number of nitrogens with two attached hydrogens (primary N) is 1. The van der Waals surface area contributed by atoms with Gasteiger partial charge in [0.05, 0.1) is 7.11 Å². The molecule has 0 fully saturated rings. The molecule has 4 N–H and O–H groups in total. The van der Waals surface area contributed by atoms with Gasteiger partial charge in [0.25, 0.3) is 0 Å². The highest BCUT2D eigenvalue weighted by Crippen LogP contribution is 1.85. The molecular formula is C5H10NO5+. The van der Waals surface area contributed by atoms with E-state index >= 15 is 0 Å². The van der Waals surface area contributed by atoms with Crippen molar-refractivity contribution >= 4 is 11.9 Å². The normalized spacial score (nSPS) is 12.5. The second kappa shape index (κ2) is 4.64. The van der Waals surface area contributed by atoms with E-state index in [2.05, 4.69) is 4.84 Å². The highest BCUT2D eigenvalue weighted by atomic mass is 16.6. The molecule has 0 spiro atoms. The summed E-state index contributed by atoms with van der Waals surface area (Å²) in [5.41, 5.74) is 0.983. The molecule has 0 aromatic carbocycles. The minimum Gasteiger partial charge on any atom is -0.481 e. The van der Waals surface area contributed by atoms with Gasteiger partial charge < -0.3 is 10.2 Å². The van der Waals surface area contributed by atoms with Crippen LogP contribution in [0.1, 0.15) is 6.42 Å². The number of carbonyl (C=O) groups is 2. The maximum atomic E-state index is 10.3. The fourth-order valence-corrected chi connectivity index (χ4v) is 0.546. The van der Waals surface area contributed by atoms with Crippen molar-refractivity contribution in [3.63, 3.8) is 0 Å². The van der Waals surface area contributed by atoms with Gasteiger partial charge in [-0.1, -0.05) is 0 Å². The van der Waals surface area contributed by atoms with E-state index in [1.807, 2.05) is 0 Å². The van der Waals surface area contributed by atoms with E-state index in [1.165, 1.54) is 7.11 Å². The van der Waals surface area contributed by atoms with Crippen molar-refractivity contribution in [1.29, 1.82) is 0 Å². The molecule has 0 rings (SSSR count). The van der Waals surface area contributed by atoms with Gasteiger partial charge in [0.15, 0.2) is 0 Å². The van der Waals surface area contributed by atoms with Crippen LogP contribution in [0.5, 0.6) is 0 Å². The lowest BCUT2D eigenvalue weighted by Crippen LogP contribution is -2.90. The molecule has 6 nitrogen and oxygen atoms in total. The topological polar surface area (TPSA) is 100 Å². The van der Waals surface area contributed by atoms with Gasteiger partial charge in [0.1, 0.15) is 6.42 Å². The smallest absolute Gasteiger partial charge is 0.366 e. The number of hydroxylamine groups is 1. The third-order valence-electron chi connectivity index (χ3n) is 1.01. The molecule has 0 aromatic rings. The predicted molar refractivity (Wildman–Crippen MR) is 32.6 cm³/mol. The molecule has 6 heteroatoms. The standard InChI is InChI=1S/C5H9NO5/c1-11-6-3(5(9)10)2-4(7)8/h3,6H,2H2,1H3,(H,7,8)(H,9,10)/p+1. The first kappa shape index (κ1) is 9.86. The first-order chi connectivity index (χ1) is 5.07. The number of rotatable bonds is 5. The van der Waals surface area contributed by atoms with Crippen molar-refractivity contribution in [3.8, 4) is 0 Å². The summed E-state index contributed by atoms with van der Waals surface area (Å²) in [5, 5.41) is 16.6. The molecule has 0 saturated carbocycles. The predicted octanol–water partition coefficient (Wildman–Crippen LogP) is -1.96. The Bertz CT molecular complexity index is 157. The number of hydrogen-bond donors (Lipinski definition) is 3. The summed E-state index contributed by atoms with van der Waals surface area (Å²) in [6.07, 6.45) is -0.455. The molecule has 0 bridgehead atoms. The Morgan fingerprint density at radius 1 is 1.55 bits per heavy atom. The molecular weight excluding hydrogens is 154 g/mol. The van der Waals surface area contributed by atoms with Crippen molar-refractivity contribution in [3.05, 3.63) is 0 Å². The van der Waals surface area contributed by atoms with E-state index in [0.717, 1.165) is 5.48 Å². The lowest BCUT2D eigenvalue weighted by molar-refractivity contribution is -0.904. The van der Waals surface area contributed by atoms with Crippen LogP contribution in [0.4, 0.5) is 0 Å².